The van der Waals surface area contributed by atoms with Gasteiger partial charge in [-0.05, 0) is 44.2 Å². The summed E-state index contributed by atoms with van der Waals surface area (Å²) < 4.78 is 26.5. The van der Waals surface area contributed by atoms with Crippen LogP contribution in [0.5, 0.6) is 0 Å². The third kappa shape index (κ3) is 4.00. The summed E-state index contributed by atoms with van der Waals surface area (Å²) in [6.45, 7) is 5.16. The molecule has 1 unspecified atom stereocenters. The summed E-state index contributed by atoms with van der Waals surface area (Å²) in [6.07, 6.45) is 5.11. The first kappa shape index (κ1) is 14.4. The number of hydrogen-bond donors (Lipinski definition) is 1. The van der Waals surface area contributed by atoms with Crippen molar-refractivity contribution in [2.24, 2.45) is 11.8 Å². The molecule has 1 fully saturated rings. The number of halogens is 2. The summed E-state index contributed by atoms with van der Waals surface area (Å²) in [5.41, 5.74) is 0.547. The second-order valence-electron chi connectivity index (χ2n) is 5.92. The molecule has 106 valence electrons. The van der Waals surface area contributed by atoms with Crippen LogP contribution < -0.4 is 5.32 Å². The zero-order valence-electron chi connectivity index (χ0n) is 11.8. The maximum Gasteiger partial charge on any atom is 0.130 e. The van der Waals surface area contributed by atoms with E-state index in [1.165, 1.54) is 37.8 Å². The van der Waals surface area contributed by atoms with Gasteiger partial charge in [0.05, 0.1) is 0 Å². The Hall–Kier alpha value is -0.960. The molecule has 1 aliphatic rings. The van der Waals surface area contributed by atoms with Crippen molar-refractivity contribution in [3.63, 3.8) is 0 Å². The van der Waals surface area contributed by atoms with E-state index < -0.39 is 11.6 Å². The summed E-state index contributed by atoms with van der Waals surface area (Å²) in [5.74, 6) is 0.567. The maximum absolute atomic E-state index is 13.6. The molecule has 0 heterocycles. The van der Waals surface area contributed by atoms with Crippen LogP contribution in [0.1, 0.15) is 51.1 Å². The lowest BCUT2D eigenvalue weighted by molar-refractivity contribution is 0.275. The Morgan fingerprint density at radius 1 is 1.21 bits per heavy atom. The molecular formula is C16H23F2N. The van der Waals surface area contributed by atoms with Crippen molar-refractivity contribution < 1.29 is 8.78 Å². The van der Waals surface area contributed by atoms with Crippen molar-refractivity contribution in [1.82, 2.24) is 5.32 Å². The van der Waals surface area contributed by atoms with E-state index in [4.69, 9.17) is 0 Å². The van der Waals surface area contributed by atoms with Gasteiger partial charge in [-0.2, -0.15) is 0 Å². The van der Waals surface area contributed by atoms with Gasteiger partial charge in [-0.1, -0.05) is 25.8 Å². The van der Waals surface area contributed by atoms with Gasteiger partial charge in [-0.25, -0.2) is 8.78 Å². The highest BCUT2D eigenvalue weighted by atomic mass is 19.1. The molecule has 0 saturated heterocycles. The minimum atomic E-state index is -0.519. The molecule has 1 aromatic rings. The molecule has 0 spiro atoms. The van der Waals surface area contributed by atoms with Gasteiger partial charge in [0.25, 0.3) is 0 Å². The molecule has 0 radical (unpaired) electrons. The molecule has 0 aliphatic heterocycles. The summed E-state index contributed by atoms with van der Waals surface area (Å²) >= 11 is 0. The van der Waals surface area contributed by atoms with Gasteiger partial charge in [0.2, 0.25) is 0 Å². The zero-order valence-corrected chi connectivity index (χ0v) is 11.8. The number of hydrogen-bond acceptors (Lipinski definition) is 1. The Bertz CT molecular complexity index is 411. The number of rotatable bonds is 4. The van der Waals surface area contributed by atoms with E-state index in [0.717, 1.165) is 18.5 Å². The Labute approximate surface area is 114 Å². The van der Waals surface area contributed by atoms with Crippen molar-refractivity contribution >= 4 is 0 Å². The normalized spacial score (nSPS) is 25.3. The standard InChI is InChI=1S/C16H23F2N/c1-11-3-5-13(6-4-11)10-19-12(2)15-8-7-14(17)9-16(15)18/h7-9,11-13,19H,3-6,10H2,1-2H3. The fourth-order valence-corrected chi connectivity index (χ4v) is 2.84. The Kier molecular flexibility index (Phi) is 4.92. The highest BCUT2D eigenvalue weighted by Crippen LogP contribution is 2.28. The SMILES string of the molecule is CC1CCC(CNC(C)c2ccc(F)cc2F)CC1. The highest BCUT2D eigenvalue weighted by molar-refractivity contribution is 5.21. The largest absolute Gasteiger partial charge is 0.310 e. The molecule has 1 nitrogen and oxygen atoms in total. The van der Waals surface area contributed by atoms with Crippen LogP contribution in [-0.4, -0.2) is 6.54 Å². The van der Waals surface area contributed by atoms with E-state index in [9.17, 15) is 8.78 Å². The first-order valence-electron chi connectivity index (χ1n) is 7.24. The molecule has 2 rings (SSSR count). The quantitative estimate of drug-likeness (QED) is 0.850. The topological polar surface area (TPSA) is 12.0 Å². The van der Waals surface area contributed by atoms with Crippen molar-refractivity contribution in [2.75, 3.05) is 6.54 Å². The molecule has 19 heavy (non-hydrogen) atoms. The van der Waals surface area contributed by atoms with Crippen molar-refractivity contribution in [2.45, 2.75) is 45.6 Å². The summed E-state index contributed by atoms with van der Waals surface area (Å²) in [7, 11) is 0. The first-order chi connectivity index (χ1) is 9.06. The zero-order chi connectivity index (χ0) is 13.8. The van der Waals surface area contributed by atoms with Crippen LogP contribution in [0.2, 0.25) is 0 Å². The van der Waals surface area contributed by atoms with Crippen LogP contribution in [0.4, 0.5) is 8.78 Å². The molecule has 1 aliphatic carbocycles. The Morgan fingerprint density at radius 3 is 2.53 bits per heavy atom. The molecule has 0 bridgehead atoms. The fourth-order valence-electron chi connectivity index (χ4n) is 2.84. The maximum atomic E-state index is 13.6. The first-order valence-corrected chi connectivity index (χ1v) is 7.24. The summed E-state index contributed by atoms with van der Waals surface area (Å²) in [4.78, 5) is 0. The molecule has 3 heteroatoms. The van der Waals surface area contributed by atoms with Crippen LogP contribution in [0.15, 0.2) is 18.2 Å². The van der Waals surface area contributed by atoms with Gasteiger partial charge in [0.15, 0.2) is 0 Å². The average Bonchev–Trinajstić information content (AvgIpc) is 2.37. The third-order valence-electron chi connectivity index (χ3n) is 4.28. The Balaban J connectivity index is 1.85. The molecule has 1 N–H and O–H groups in total. The minimum Gasteiger partial charge on any atom is -0.310 e. The monoisotopic (exact) mass is 267 g/mol. The van der Waals surface area contributed by atoms with Crippen LogP contribution in [0, 0.1) is 23.5 Å². The third-order valence-corrected chi connectivity index (χ3v) is 4.28. The predicted octanol–water partition coefficient (Wildman–Crippen LogP) is 4.44. The van der Waals surface area contributed by atoms with E-state index in [1.54, 1.807) is 0 Å². The fraction of sp³-hybridized carbons (Fsp3) is 0.625. The minimum absolute atomic E-state index is 0.0695. The van der Waals surface area contributed by atoms with Crippen LogP contribution in [0.3, 0.4) is 0 Å². The van der Waals surface area contributed by atoms with Gasteiger partial charge in [-0.3, -0.25) is 0 Å². The summed E-state index contributed by atoms with van der Waals surface area (Å²) in [6, 6.07) is 3.74. The second-order valence-corrected chi connectivity index (χ2v) is 5.92. The van der Waals surface area contributed by atoms with E-state index >= 15 is 0 Å². The van der Waals surface area contributed by atoms with E-state index in [2.05, 4.69) is 12.2 Å². The highest BCUT2D eigenvalue weighted by Gasteiger charge is 2.19. The van der Waals surface area contributed by atoms with Gasteiger partial charge in [0, 0.05) is 17.7 Å². The van der Waals surface area contributed by atoms with Crippen LogP contribution >= 0.6 is 0 Å². The van der Waals surface area contributed by atoms with E-state index in [1.807, 2.05) is 6.92 Å². The molecule has 0 amide bonds. The van der Waals surface area contributed by atoms with Crippen molar-refractivity contribution in [3.8, 4) is 0 Å². The Morgan fingerprint density at radius 2 is 1.89 bits per heavy atom. The molecule has 1 saturated carbocycles. The van der Waals surface area contributed by atoms with Crippen molar-refractivity contribution in [1.29, 1.82) is 0 Å². The van der Waals surface area contributed by atoms with Crippen molar-refractivity contribution in [3.05, 3.63) is 35.4 Å². The lowest BCUT2D eigenvalue weighted by Crippen LogP contribution is -2.28. The smallest absolute Gasteiger partial charge is 0.130 e. The van der Waals surface area contributed by atoms with Crippen LogP contribution in [0.25, 0.3) is 0 Å². The molecular weight excluding hydrogens is 244 g/mol. The van der Waals surface area contributed by atoms with Gasteiger partial charge in [0.1, 0.15) is 11.6 Å². The lowest BCUT2D eigenvalue weighted by atomic mass is 9.83. The number of benzene rings is 1. The van der Waals surface area contributed by atoms with E-state index in [-0.39, 0.29) is 6.04 Å². The number of nitrogens with one attached hydrogen (secondary N) is 1. The lowest BCUT2D eigenvalue weighted by Gasteiger charge is -2.27. The van der Waals surface area contributed by atoms with E-state index in [0.29, 0.717) is 11.5 Å². The average molecular weight is 267 g/mol. The molecule has 1 atom stereocenters. The molecule has 1 aromatic carbocycles. The van der Waals surface area contributed by atoms with Gasteiger partial charge < -0.3 is 5.32 Å². The second kappa shape index (κ2) is 6.47. The van der Waals surface area contributed by atoms with Gasteiger partial charge in [-0.15, -0.1) is 0 Å². The van der Waals surface area contributed by atoms with Gasteiger partial charge >= 0.3 is 0 Å². The molecule has 0 aromatic heterocycles. The van der Waals surface area contributed by atoms with Crippen LogP contribution in [-0.2, 0) is 0 Å². The summed E-state index contributed by atoms with van der Waals surface area (Å²) in [5, 5.41) is 3.38. The predicted molar refractivity (Wildman–Crippen MR) is 73.9 cm³/mol.